The van der Waals surface area contributed by atoms with Gasteiger partial charge in [0, 0.05) is 0 Å². The molecule has 0 heterocycles. The molecule has 0 bridgehead atoms. The largest absolute Gasteiger partial charge is 0.495 e. The van der Waals surface area contributed by atoms with Crippen LogP contribution in [0.5, 0.6) is 23.0 Å². The molecule has 0 atom stereocenters. The number of para-hydroxylation sites is 3. The molecule has 0 unspecified atom stereocenters. The molecule has 3 aromatic carbocycles. The van der Waals surface area contributed by atoms with Crippen LogP contribution in [-0.2, 0) is 9.53 Å². The van der Waals surface area contributed by atoms with Crippen molar-refractivity contribution in [3.63, 3.8) is 0 Å². The SMILES string of the molecule is COc1ccccc1NC(=O)COc1ccc(C(=O)OCCOc2ccccc2Cl)cc1OC. The summed E-state index contributed by atoms with van der Waals surface area (Å²) >= 11 is 6.02. The first-order valence-electron chi connectivity index (χ1n) is 10.3. The van der Waals surface area contributed by atoms with Crippen molar-refractivity contribution < 1.29 is 33.3 Å². The van der Waals surface area contributed by atoms with E-state index in [1.165, 1.54) is 32.4 Å². The Kier molecular flexibility index (Phi) is 8.99. The number of benzene rings is 3. The Morgan fingerprint density at radius 2 is 1.50 bits per heavy atom. The average Bonchev–Trinajstić information content (AvgIpc) is 2.86. The zero-order chi connectivity index (χ0) is 24.3. The summed E-state index contributed by atoms with van der Waals surface area (Å²) < 4.78 is 26.8. The second-order valence-electron chi connectivity index (χ2n) is 6.82. The van der Waals surface area contributed by atoms with Crippen LogP contribution in [0.2, 0.25) is 5.02 Å². The van der Waals surface area contributed by atoms with Crippen molar-refractivity contribution in [3.05, 3.63) is 77.3 Å². The normalized spacial score (nSPS) is 10.2. The molecule has 0 aromatic heterocycles. The third-order valence-corrected chi connectivity index (χ3v) is 4.86. The summed E-state index contributed by atoms with van der Waals surface area (Å²) in [7, 11) is 2.95. The molecule has 0 saturated carbocycles. The Morgan fingerprint density at radius 3 is 2.24 bits per heavy atom. The lowest BCUT2D eigenvalue weighted by atomic mass is 10.2. The fourth-order valence-corrected chi connectivity index (χ4v) is 3.11. The highest BCUT2D eigenvalue weighted by atomic mass is 35.5. The highest BCUT2D eigenvalue weighted by Crippen LogP contribution is 2.29. The van der Waals surface area contributed by atoms with Gasteiger partial charge in [-0.15, -0.1) is 0 Å². The molecule has 0 fully saturated rings. The van der Waals surface area contributed by atoms with Crippen LogP contribution in [0, 0.1) is 0 Å². The Morgan fingerprint density at radius 1 is 0.794 bits per heavy atom. The van der Waals surface area contributed by atoms with Gasteiger partial charge in [-0.25, -0.2) is 4.79 Å². The van der Waals surface area contributed by atoms with Gasteiger partial charge in [0.15, 0.2) is 18.1 Å². The van der Waals surface area contributed by atoms with Gasteiger partial charge in [-0.05, 0) is 42.5 Å². The van der Waals surface area contributed by atoms with Crippen molar-refractivity contribution in [3.8, 4) is 23.0 Å². The number of amides is 1. The predicted molar refractivity (Wildman–Crippen MR) is 127 cm³/mol. The molecule has 8 nitrogen and oxygen atoms in total. The van der Waals surface area contributed by atoms with Crippen molar-refractivity contribution in [2.24, 2.45) is 0 Å². The van der Waals surface area contributed by atoms with Gasteiger partial charge in [0.1, 0.15) is 24.7 Å². The van der Waals surface area contributed by atoms with Crippen LogP contribution < -0.4 is 24.3 Å². The molecule has 34 heavy (non-hydrogen) atoms. The van der Waals surface area contributed by atoms with Gasteiger partial charge in [0.2, 0.25) is 0 Å². The highest BCUT2D eigenvalue weighted by Gasteiger charge is 2.14. The van der Waals surface area contributed by atoms with Crippen LogP contribution >= 0.6 is 11.6 Å². The number of halogens is 1. The van der Waals surface area contributed by atoms with Gasteiger partial charge in [0.05, 0.1) is 30.5 Å². The van der Waals surface area contributed by atoms with E-state index in [0.717, 1.165) is 0 Å². The van der Waals surface area contributed by atoms with Crippen LogP contribution in [0.1, 0.15) is 10.4 Å². The lowest BCUT2D eigenvalue weighted by Crippen LogP contribution is -2.20. The Balaban J connectivity index is 1.51. The minimum Gasteiger partial charge on any atom is -0.495 e. The van der Waals surface area contributed by atoms with E-state index in [2.05, 4.69) is 5.32 Å². The summed E-state index contributed by atoms with van der Waals surface area (Å²) in [6.07, 6.45) is 0. The van der Waals surface area contributed by atoms with E-state index in [9.17, 15) is 9.59 Å². The molecule has 0 radical (unpaired) electrons. The molecular formula is C25H24ClNO7. The van der Waals surface area contributed by atoms with E-state index in [4.69, 9.17) is 35.3 Å². The van der Waals surface area contributed by atoms with Crippen molar-refractivity contribution in [2.75, 3.05) is 39.4 Å². The smallest absolute Gasteiger partial charge is 0.338 e. The zero-order valence-corrected chi connectivity index (χ0v) is 19.5. The molecule has 0 aliphatic rings. The van der Waals surface area contributed by atoms with E-state index in [-0.39, 0.29) is 37.0 Å². The highest BCUT2D eigenvalue weighted by molar-refractivity contribution is 6.32. The number of carbonyl (C=O) groups excluding carboxylic acids is 2. The lowest BCUT2D eigenvalue weighted by molar-refractivity contribution is -0.118. The number of ether oxygens (including phenoxy) is 5. The standard InChI is InChI=1S/C25H24ClNO7/c1-30-21-10-6-4-8-19(21)27-24(28)16-34-22-12-11-17(15-23(22)31-2)25(29)33-14-13-32-20-9-5-3-7-18(20)26/h3-12,15H,13-14,16H2,1-2H3,(H,27,28). The Bertz CT molecular complexity index is 1140. The summed E-state index contributed by atoms with van der Waals surface area (Å²) in [6.45, 7) is -0.0829. The molecule has 0 aliphatic carbocycles. The van der Waals surface area contributed by atoms with Crippen LogP contribution in [0.25, 0.3) is 0 Å². The minimum absolute atomic E-state index is 0.0355. The number of hydrogen-bond acceptors (Lipinski definition) is 7. The first kappa shape index (κ1) is 24.7. The molecule has 1 N–H and O–H groups in total. The number of anilines is 1. The summed E-state index contributed by atoms with van der Waals surface area (Å²) in [4.78, 5) is 24.6. The average molecular weight is 486 g/mol. The summed E-state index contributed by atoms with van der Waals surface area (Å²) in [5.41, 5.74) is 0.794. The Labute approximate surface area is 202 Å². The molecule has 0 aliphatic heterocycles. The molecule has 3 aromatic rings. The molecule has 9 heteroatoms. The zero-order valence-electron chi connectivity index (χ0n) is 18.7. The second-order valence-corrected chi connectivity index (χ2v) is 7.22. The fourth-order valence-electron chi connectivity index (χ4n) is 2.92. The van der Waals surface area contributed by atoms with Crippen LogP contribution in [0.3, 0.4) is 0 Å². The van der Waals surface area contributed by atoms with Crippen LogP contribution in [0.4, 0.5) is 5.69 Å². The third kappa shape index (κ3) is 6.79. The molecule has 1 amide bonds. The van der Waals surface area contributed by atoms with Crippen LogP contribution in [0.15, 0.2) is 66.7 Å². The number of nitrogens with one attached hydrogen (secondary N) is 1. The molecular weight excluding hydrogens is 462 g/mol. The van der Waals surface area contributed by atoms with Crippen molar-refractivity contribution >= 4 is 29.2 Å². The van der Waals surface area contributed by atoms with E-state index < -0.39 is 5.97 Å². The maximum Gasteiger partial charge on any atom is 0.338 e. The van der Waals surface area contributed by atoms with Gasteiger partial charge in [0.25, 0.3) is 5.91 Å². The first-order chi connectivity index (χ1) is 16.5. The maximum atomic E-state index is 12.4. The Hall–Kier alpha value is -3.91. The van der Waals surface area contributed by atoms with Crippen molar-refractivity contribution in [1.82, 2.24) is 0 Å². The number of carbonyl (C=O) groups is 2. The fraction of sp³-hybridized carbons (Fsp3) is 0.200. The van der Waals surface area contributed by atoms with Gasteiger partial charge in [-0.1, -0.05) is 35.9 Å². The van der Waals surface area contributed by atoms with E-state index in [0.29, 0.717) is 28.0 Å². The second kappa shape index (κ2) is 12.4. The van der Waals surface area contributed by atoms with Gasteiger partial charge in [-0.3, -0.25) is 4.79 Å². The minimum atomic E-state index is -0.554. The maximum absolute atomic E-state index is 12.4. The van der Waals surface area contributed by atoms with E-state index >= 15 is 0 Å². The number of hydrogen-bond donors (Lipinski definition) is 1. The third-order valence-electron chi connectivity index (χ3n) is 4.55. The molecule has 3 rings (SSSR count). The number of methoxy groups -OCH3 is 2. The monoisotopic (exact) mass is 485 g/mol. The van der Waals surface area contributed by atoms with Crippen molar-refractivity contribution in [1.29, 1.82) is 0 Å². The quantitative estimate of drug-likeness (QED) is 0.313. The summed E-state index contributed by atoms with van der Waals surface area (Å²) in [6, 6.07) is 18.6. The van der Waals surface area contributed by atoms with Crippen LogP contribution in [-0.4, -0.2) is 45.9 Å². The van der Waals surface area contributed by atoms with Gasteiger partial charge < -0.3 is 29.0 Å². The van der Waals surface area contributed by atoms with Gasteiger partial charge >= 0.3 is 5.97 Å². The predicted octanol–water partition coefficient (Wildman–Crippen LogP) is 4.61. The number of esters is 1. The first-order valence-corrected chi connectivity index (χ1v) is 10.7. The summed E-state index contributed by atoms with van der Waals surface area (Å²) in [5.74, 6) is 0.699. The lowest BCUT2D eigenvalue weighted by Gasteiger charge is -2.13. The number of rotatable bonds is 11. The molecule has 0 saturated heterocycles. The van der Waals surface area contributed by atoms with Gasteiger partial charge in [-0.2, -0.15) is 0 Å². The summed E-state index contributed by atoms with van der Waals surface area (Å²) in [5, 5.41) is 3.20. The topological polar surface area (TPSA) is 92.3 Å². The van der Waals surface area contributed by atoms with E-state index in [1.54, 1.807) is 48.5 Å². The molecule has 178 valence electrons. The van der Waals surface area contributed by atoms with E-state index in [1.807, 2.05) is 0 Å². The van der Waals surface area contributed by atoms with Crippen molar-refractivity contribution in [2.45, 2.75) is 0 Å². The molecule has 0 spiro atoms.